The first-order valence-corrected chi connectivity index (χ1v) is 4.20. The minimum absolute atomic E-state index is 0.141. The Morgan fingerprint density at radius 1 is 1.69 bits per heavy atom. The number of nitrogens with zero attached hydrogens (tertiary/aromatic N) is 2. The van der Waals surface area contributed by atoms with Crippen LogP contribution in [0, 0.1) is 0 Å². The van der Waals surface area contributed by atoms with Crippen molar-refractivity contribution in [2.45, 2.75) is 6.42 Å². The number of aliphatic carboxylic acids is 1. The van der Waals surface area contributed by atoms with E-state index in [9.17, 15) is 4.79 Å². The van der Waals surface area contributed by atoms with Crippen molar-refractivity contribution in [3.05, 3.63) is 16.4 Å². The number of carboxylic acid groups (broad SMARTS) is 1. The van der Waals surface area contributed by atoms with E-state index in [1.54, 1.807) is 0 Å². The normalized spacial score (nSPS) is 9.69. The van der Waals surface area contributed by atoms with E-state index in [0.29, 0.717) is 10.3 Å². The molecule has 0 aliphatic carbocycles. The highest BCUT2D eigenvalue weighted by Gasteiger charge is 2.06. The van der Waals surface area contributed by atoms with Crippen LogP contribution in [0.5, 0.6) is 6.01 Å². The van der Waals surface area contributed by atoms with Crippen LogP contribution in [0.3, 0.4) is 0 Å². The number of carbonyl (C=O) groups is 1. The molecule has 0 amide bonds. The molecule has 0 saturated heterocycles. The number of rotatable bonds is 3. The van der Waals surface area contributed by atoms with E-state index in [0.717, 1.165) is 0 Å². The van der Waals surface area contributed by atoms with Crippen LogP contribution in [0.4, 0.5) is 0 Å². The van der Waals surface area contributed by atoms with Gasteiger partial charge in [-0.1, -0.05) is 0 Å². The highest BCUT2D eigenvalue weighted by molar-refractivity contribution is 9.10. The molecule has 1 N–H and O–H groups in total. The number of carboxylic acids is 1. The van der Waals surface area contributed by atoms with E-state index in [1.165, 1.54) is 13.2 Å². The molecular weight excluding hydrogens is 240 g/mol. The Labute approximate surface area is 82.9 Å². The van der Waals surface area contributed by atoms with Gasteiger partial charge in [0.05, 0.1) is 19.2 Å². The molecular formula is C7H7BrN2O3. The molecule has 0 aliphatic heterocycles. The Morgan fingerprint density at radius 2 is 2.38 bits per heavy atom. The van der Waals surface area contributed by atoms with Crippen LogP contribution < -0.4 is 4.74 Å². The average Bonchev–Trinajstić information content (AvgIpc) is 2.01. The Bertz CT molecular complexity index is 330. The lowest BCUT2D eigenvalue weighted by atomic mass is 10.3. The van der Waals surface area contributed by atoms with Crippen molar-refractivity contribution in [2.24, 2.45) is 0 Å². The number of hydrogen-bond acceptors (Lipinski definition) is 4. The molecule has 0 radical (unpaired) electrons. The van der Waals surface area contributed by atoms with Crippen LogP contribution in [0.15, 0.2) is 10.7 Å². The van der Waals surface area contributed by atoms with Gasteiger partial charge in [-0.15, -0.1) is 0 Å². The van der Waals surface area contributed by atoms with Crippen molar-refractivity contribution >= 4 is 21.9 Å². The molecule has 0 saturated carbocycles. The first kappa shape index (κ1) is 9.91. The standard InChI is InChI=1S/C7H7BrN2O3/c1-13-7-9-4(3-6(11)12)2-5(8)10-7/h2H,3H2,1H3,(H,11,12). The SMILES string of the molecule is COc1nc(Br)cc(CC(=O)O)n1. The highest BCUT2D eigenvalue weighted by Crippen LogP contribution is 2.12. The summed E-state index contributed by atoms with van der Waals surface area (Å²) in [6, 6.07) is 1.70. The van der Waals surface area contributed by atoms with Crippen LogP contribution in [-0.2, 0) is 11.2 Å². The minimum Gasteiger partial charge on any atom is -0.481 e. The molecule has 0 fully saturated rings. The minimum atomic E-state index is -0.937. The number of methoxy groups -OCH3 is 1. The lowest BCUT2D eigenvalue weighted by Crippen LogP contribution is -2.04. The zero-order valence-electron chi connectivity index (χ0n) is 6.82. The van der Waals surface area contributed by atoms with Crippen LogP contribution >= 0.6 is 15.9 Å². The summed E-state index contributed by atoms with van der Waals surface area (Å²) in [5, 5.41) is 8.50. The summed E-state index contributed by atoms with van der Waals surface area (Å²) in [4.78, 5) is 18.1. The third-order valence-corrected chi connectivity index (χ3v) is 1.65. The molecule has 70 valence electrons. The third kappa shape index (κ3) is 2.98. The third-order valence-electron chi connectivity index (χ3n) is 1.24. The van der Waals surface area contributed by atoms with Crippen molar-refractivity contribution in [3.8, 4) is 6.01 Å². The number of aromatic nitrogens is 2. The number of hydrogen-bond donors (Lipinski definition) is 1. The monoisotopic (exact) mass is 246 g/mol. The molecule has 6 heteroatoms. The van der Waals surface area contributed by atoms with Gasteiger partial charge < -0.3 is 9.84 Å². The quantitative estimate of drug-likeness (QED) is 0.802. The van der Waals surface area contributed by atoms with E-state index < -0.39 is 5.97 Å². The Kier molecular flexibility index (Phi) is 3.18. The average molecular weight is 247 g/mol. The molecule has 13 heavy (non-hydrogen) atoms. The summed E-state index contributed by atoms with van der Waals surface area (Å²) >= 11 is 3.12. The van der Waals surface area contributed by atoms with Crippen molar-refractivity contribution in [1.82, 2.24) is 9.97 Å². The van der Waals surface area contributed by atoms with E-state index >= 15 is 0 Å². The maximum atomic E-state index is 10.4. The van der Waals surface area contributed by atoms with Gasteiger partial charge in [-0.25, -0.2) is 0 Å². The molecule has 1 aromatic rings. The molecule has 0 aliphatic rings. The molecule has 1 aromatic heterocycles. The molecule has 5 nitrogen and oxygen atoms in total. The second-order valence-electron chi connectivity index (χ2n) is 2.24. The fourth-order valence-electron chi connectivity index (χ4n) is 0.778. The number of ether oxygens (including phenoxy) is 1. The summed E-state index contributed by atoms with van der Waals surface area (Å²) in [6.07, 6.45) is -0.141. The molecule has 1 heterocycles. The van der Waals surface area contributed by atoms with Gasteiger partial charge in [-0.3, -0.25) is 4.79 Å². The summed E-state index contributed by atoms with van der Waals surface area (Å²) in [7, 11) is 1.42. The second kappa shape index (κ2) is 4.18. The molecule has 0 atom stereocenters. The first-order chi connectivity index (χ1) is 6.11. The summed E-state index contributed by atoms with van der Waals surface area (Å²) in [5.74, 6) is -0.937. The predicted octanol–water partition coefficient (Wildman–Crippen LogP) is 0.875. The Balaban J connectivity index is 2.94. The van der Waals surface area contributed by atoms with Gasteiger partial charge in [0.25, 0.3) is 0 Å². The summed E-state index contributed by atoms with van der Waals surface area (Å²) in [6.45, 7) is 0. The zero-order chi connectivity index (χ0) is 9.84. The van der Waals surface area contributed by atoms with E-state index in [-0.39, 0.29) is 12.4 Å². The smallest absolute Gasteiger partial charge is 0.317 e. The highest BCUT2D eigenvalue weighted by atomic mass is 79.9. The maximum Gasteiger partial charge on any atom is 0.317 e. The topological polar surface area (TPSA) is 72.3 Å². The van der Waals surface area contributed by atoms with Crippen molar-refractivity contribution in [3.63, 3.8) is 0 Å². The van der Waals surface area contributed by atoms with Crippen molar-refractivity contribution < 1.29 is 14.6 Å². The van der Waals surface area contributed by atoms with Gasteiger partial charge in [0.15, 0.2) is 0 Å². The van der Waals surface area contributed by atoms with E-state index in [4.69, 9.17) is 9.84 Å². The van der Waals surface area contributed by atoms with Crippen LogP contribution in [0.2, 0.25) is 0 Å². The summed E-state index contributed by atoms with van der Waals surface area (Å²) in [5.41, 5.74) is 0.409. The largest absolute Gasteiger partial charge is 0.481 e. The first-order valence-electron chi connectivity index (χ1n) is 3.41. The maximum absolute atomic E-state index is 10.4. The number of halogens is 1. The molecule has 0 unspecified atom stereocenters. The lowest BCUT2D eigenvalue weighted by Gasteiger charge is -2.00. The van der Waals surface area contributed by atoms with Gasteiger partial charge in [-0.2, -0.15) is 9.97 Å². The van der Waals surface area contributed by atoms with E-state index in [1.807, 2.05) is 0 Å². The van der Waals surface area contributed by atoms with Gasteiger partial charge in [0.1, 0.15) is 4.60 Å². The Hall–Kier alpha value is -1.17. The van der Waals surface area contributed by atoms with Gasteiger partial charge >= 0.3 is 12.0 Å². The van der Waals surface area contributed by atoms with E-state index in [2.05, 4.69) is 25.9 Å². The van der Waals surface area contributed by atoms with Crippen LogP contribution in [-0.4, -0.2) is 28.2 Å². The van der Waals surface area contributed by atoms with Gasteiger partial charge in [0, 0.05) is 0 Å². The molecule has 0 bridgehead atoms. The van der Waals surface area contributed by atoms with Gasteiger partial charge in [0.2, 0.25) is 0 Å². The zero-order valence-corrected chi connectivity index (χ0v) is 8.41. The molecule has 0 spiro atoms. The summed E-state index contributed by atoms with van der Waals surface area (Å²) < 4.78 is 5.28. The Morgan fingerprint density at radius 3 is 2.92 bits per heavy atom. The van der Waals surface area contributed by atoms with Crippen LogP contribution in [0.1, 0.15) is 5.69 Å². The predicted molar refractivity (Wildman–Crippen MR) is 47.6 cm³/mol. The van der Waals surface area contributed by atoms with Crippen molar-refractivity contribution in [2.75, 3.05) is 7.11 Å². The molecule has 0 aromatic carbocycles. The lowest BCUT2D eigenvalue weighted by molar-refractivity contribution is -0.136. The fraction of sp³-hybridized carbons (Fsp3) is 0.286. The van der Waals surface area contributed by atoms with Gasteiger partial charge in [-0.05, 0) is 22.0 Å². The second-order valence-corrected chi connectivity index (χ2v) is 3.05. The fourth-order valence-corrected chi connectivity index (χ4v) is 1.19. The molecule has 1 rings (SSSR count). The van der Waals surface area contributed by atoms with Crippen LogP contribution in [0.25, 0.3) is 0 Å². The van der Waals surface area contributed by atoms with Crippen molar-refractivity contribution in [1.29, 1.82) is 0 Å².